The van der Waals surface area contributed by atoms with Crippen molar-refractivity contribution >= 4 is 17.4 Å². The summed E-state index contributed by atoms with van der Waals surface area (Å²) >= 11 is 1.14. The van der Waals surface area contributed by atoms with Crippen LogP contribution in [0.15, 0.2) is 0 Å². The van der Waals surface area contributed by atoms with Gasteiger partial charge in [0, 0.05) is 19.1 Å². The van der Waals surface area contributed by atoms with Crippen LogP contribution in [0.25, 0.3) is 0 Å². The molecule has 1 aliphatic heterocycles. The van der Waals surface area contributed by atoms with E-state index in [1.54, 1.807) is 4.90 Å². The Morgan fingerprint density at radius 1 is 1.60 bits per heavy atom. The highest BCUT2D eigenvalue weighted by atomic mass is 32.1. The Hall–Kier alpha value is -1.05. The van der Waals surface area contributed by atoms with Crippen molar-refractivity contribution in [1.82, 2.24) is 19.8 Å². The quantitative estimate of drug-likeness (QED) is 0.814. The third-order valence-corrected chi connectivity index (χ3v) is 4.24. The fraction of sp³-hybridized carbons (Fsp3) is 0.769. The van der Waals surface area contributed by atoms with Crippen LogP contribution in [0.2, 0.25) is 0 Å². The van der Waals surface area contributed by atoms with Gasteiger partial charge < -0.3 is 15.3 Å². The maximum atomic E-state index is 12.6. The normalized spacial score (nSPS) is 18.7. The molecule has 2 N–H and O–H groups in total. The molecule has 0 aliphatic carbocycles. The zero-order valence-electron chi connectivity index (χ0n) is 12.0. The number of amides is 1. The number of hydrogen-bond acceptors (Lipinski definition) is 6. The summed E-state index contributed by atoms with van der Waals surface area (Å²) in [6.45, 7) is 5.97. The monoisotopic (exact) mass is 298 g/mol. The average Bonchev–Trinajstić information content (AvgIpc) is 3.08. The van der Waals surface area contributed by atoms with Crippen LogP contribution in [-0.2, 0) is 0 Å². The molecule has 1 atom stereocenters. The molecule has 1 amide bonds. The first-order valence-corrected chi connectivity index (χ1v) is 7.86. The van der Waals surface area contributed by atoms with Gasteiger partial charge in [-0.15, -0.1) is 5.10 Å². The van der Waals surface area contributed by atoms with Gasteiger partial charge in [0.25, 0.3) is 5.91 Å². The number of rotatable bonds is 6. The predicted molar refractivity (Wildman–Crippen MR) is 78.0 cm³/mol. The van der Waals surface area contributed by atoms with Crippen LogP contribution in [0.4, 0.5) is 0 Å². The van der Waals surface area contributed by atoms with E-state index in [-0.39, 0.29) is 18.4 Å². The molecule has 1 fully saturated rings. The SMILES string of the molecule is CC(C)c1nnsc1C(=O)N(CCO)CC1CCCN1. The van der Waals surface area contributed by atoms with E-state index in [1.807, 2.05) is 13.8 Å². The Morgan fingerprint density at radius 2 is 2.40 bits per heavy atom. The molecule has 0 aromatic carbocycles. The number of aromatic nitrogens is 2. The van der Waals surface area contributed by atoms with Gasteiger partial charge in [0.05, 0.1) is 12.3 Å². The number of aliphatic hydroxyl groups excluding tert-OH is 1. The van der Waals surface area contributed by atoms with E-state index in [4.69, 9.17) is 0 Å². The second-order valence-electron chi connectivity index (χ2n) is 5.41. The molecule has 1 saturated heterocycles. The Kier molecular flexibility index (Phi) is 5.45. The van der Waals surface area contributed by atoms with Crippen LogP contribution >= 0.6 is 11.5 Å². The van der Waals surface area contributed by atoms with Gasteiger partial charge in [0.15, 0.2) is 0 Å². The van der Waals surface area contributed by atoms with Crippen LogP contribution in [0.5, 0.6) is 0 Å². The minimum absolute atomic E-state index is 0.0261. The second kappa shape index (κ2) is 7.10. The molecule has 1 unspecified atom stereocenters. The molecule has 2 heterocycles. The topological polar surface area (TPSA) is 78.4 Å². The lowest BCUT2D eigenvalue weighted by atomic mass is 10.1. The molecule has 0 spiro atoms. The highest BCUT2D eigenvalue weighted by Gasteiger charge is 2.26. The molecule has 7 heteroatoms. The Morgan fingerprint density at radius 3 is 3.00 bits per heavy atom. The number of aliphatic hydroxyl groups is 1. The smallest absolute Gasteiger partial charge is 0.267 e. The largest absolute Gasteiger partial charge is 0.395 e. The minimum Gasteiger partial charge on any atom is -0.395 e. The van der Waals surface area contributed by atoms with E-state index >= 15 is 0 Å². The van der Waals surface area contributed by atoms with Gasteiger partial charge in [0.2, 0.25) is 0 Å². The summed E-state index contributed by atoms with van der Waals surface area (Å²) in [4.78, 5) is 14.9. The summed E-state index contributed by atoms with van der Waals surface area (Å²) in [5.41, 5.74) is 0.752. The lowest BCUT2D eigenvalue weighted by molar-refractivity contribution is 0.0709. The van der Waals surface area contributed by atoms with Crippen LogP contribution in [0.3, 0.4) is 0 Å². The Bertz CT molecular complexity index is 443. The number of nitrogens with one attached hydrogen (secondary N) is 1. The summed E-state index contributed by atoms with van der Waals surface area (Å²) in [5.74, 6) is 0.111. The summed E-state index contributed by atoms with van der Waals surface area (Å²) in [6.07, 6.45) is 2.22. The summed E-state index contributed by atoms with van der Waals surface area (Å²) in [5, 5.41) is 16.6. The molecule has 0 bridgehead atoms. The van der Waals surface area contributed by atoms with Gasteiger partial charge in [-0.1, -0.05) is 18.3 Å². The standard InChI is InChI=1S/C13H22N4O2S/c1-9(2)11-12(20-16-15-11)13(19)17(6-7-18)8-10-4-3-5-14-10/h9-10,14,18H,3-8H2,1-2H3. The number of nitrogens with zero attached hydrogens (tertiary/aromatic N) is 3. The zero-order valence-corrected chi connectivity index (χ0v) is 12.8. The zero-order chi connectivity index (χ0) is 14.5. The molecule has 6 nitrogen and oxygen atoms in total. The van der Waals surface area contributed by atoms with Gasteiger partial charge in [-0.3, -0.25) is 4.79 Å². The molecule has 20 heavy (non-hydrogen) atoms. The maximum Gasteiger partial charge on any atom is 0.267 e. The number of carbonyl (C=O) groups is 1. The van der Waals surface area contributed by atoms with Crippen molar-refractivity contribution in [3.63, 3.8) is 0 Å². The van der Waals surface area contributed by atoms with E-state index in [2.05, 4.69) is 14.9 Å². The van der Waals surface area contributed by atoms with Crippen molar-refractivity contribution in [2.24, 2.45) is 0 Å². The van der Waals surface area contributed by atoms with Gasteiger partial charge in [0.1, 0.15) is 4.88 Å². The lowest BCUT2D eigenvalue weighted by Crippen LogP contribution is -2.42. The minimum atomic E-state index is -0.0635. The lowest BCUT2D eigenvalue weighted by Gasteiger charge is -2.25. The number of hydrogen-bond donors (Lipinski definition) is 2. The molecule has 112 valence electrons. The van der Waals surface area contributed by atoms with Crippen molar-refractivity contribution in [3.8, 4) is 0 Å². The summed E-state index contributed by atoms with van der Waals surface area (Å²) < 4.78 is 3.90. The first-order chi connectivity index (χ1) is 9.63. The molecule has 1 aromatic rings. The molecular weight excluding hydrogens is 276 g/mol. The van der Waals surface area contributed by atoms with E-state index in [9.17, 15) is 9.90 Å². The van der Waals surface area contributed by atoms with Crippen LogP contribution in [-0.4, -0.2) is 57.8 Å². The highest BCUT2D eigenvalue weighted by Crippen LogP contribution is 2.22. The maximum absolute atomic E-state index is 12.6. The first-order valence-electron chi connectivity index (χ1n) is 7.09. The Labute approximate surface area is 123 Å². The first kappa shape index (κ1) is 15.3. The van der Waals surface area contributed by atoms with E-state index in [0.29, 0.717) is 24.0 Å². The number of carbonyl (C=O) groups excluding carboxylic acids is 1. The summed E-state index contributed by atoms with van der Waals surface area (Å²) in [6, 6.07) is 0.328. The van der Waals surface area contributed by atoms with Crippen LogP contribution in [0.1, 0.15) is 48.0 Å². The fourth-order valence-electron chi connectivity index (χ4n) is 2.44. The predicted octanol–water partition coefficient (Wildman–Crippen LogP) is 0.848. The van der Waals surface area contributed by atoms with Crippen molar-refractivity contribution in [3.05, 3.63) is 10.6 Å². The van der Waals surface area contributed by atoms with Crippen LogP contribution in [0, 0.1) is 0 Å². The van der Waals surface area contributed by atoms with Crippen molar-refractivity contribution < 1.29 is 9.90 Å². The van der Waals surface area contributed by atoms with Crippen molar-refractivity contribution in [1.29, 1.82) is 0 Å². The third kappa shape index (κ3) is 3.53. The second-order valence-corrected chi connectivity index (χ2v) is 6.16. The molecule has 2 rings (SSSR count). The average molecular weight is 298 g/mol. The van der Waals surface area contributed by atoms with E-state index in [0.717, 1.165) is 36.6 Å². The molecule has 1 aliphatic rings. The van der Waals surface area contributed by atoms with Gasteiger partial charge >= 0.3 is 0 Å². The molecular formula is C13H22N4O2S. The molecule has 0 saturated carbocycles. The molecule has 1 aromatic heterocycles. The van der Waals surface area contributed by atoms with Crippen molar-refractivity contribution in [2.45, 2.75) is 38.6 Å². The van der Waals surface area contributed by atoms with Gasteiger partial charge in [-0.05, 0) is 36.8 Å². The van der Waals surface area contributed by atoms with Gasteiger partial charge in [-0.2, -0.15) is 0 Å². The van der Waals surface area contributed by atoms with Crippen LogP contribution < -0.4 is 5.32 Å². The van der Waals surface area contributed by atoms with Crippen molar-refractivity contribution in [2.75, 3.05) is 26.2 Å². The van der Waals surface area contributed by atoms with E-state index in [1.165, 1.54) is 0 Å². The fourth-order valence-corrected chi connectivity index (χ4v) is 3.23. The summed E-state index contributed by atoms with van der Waals surface area (Å²) in [7, 11) is 0. The Balaban J connectivity index is 2.10. The molecule has 0 radical (unpaired) electrons. The highest BCUT2D eigenvalue weighted by molar-refractivity contribution is 7.08. The van der Waals surface area contributed by atoms with E-state index < -0.39 is 0 Å². The van der Waals surface area contributed by atoms with Gasteiger partial charge in [-0.25, -0.2) is 0 Å². The third-order valence-electron chi connectivity index (χ3n) is 3.51.